The smallest absolute Gasteiger partial charge is 0.349 e. The van der Waals surface area contributed by atoms with Crippen LogP contribution in [-0.2, 0) is 24.8 Å². The van der Waals surface area contributed by atoms with Crippen LogP contribution >= 0.6 is 22.7 Å². The maximum atomic E-state index is 11.2. The van der Waals surface area contributed by atoms with Crippen LogP contribution in [0, 0.1) is 0 Å². The zero-order chi connectivity index (χ0) is 17.7. The molecule has 0 fully saturated rings. The van der Waals surface area contributed by atoms with E-state index in [0.29, 0.717) is 0 Å². The molecule has 8 nitrogen and oxygen atoms in total. The minimum Gasteiger partial charge on any atom is -0.462 e. The van der Waals surface area contributed by atoms with Gasteiger partial charge in [-0.05, 0) is 29.8 Å². The molecule has 0 spiro atoms. The van der Waals surface area contributed by atoms with Crippen molar-refractivity contribution in [1.82, 2.24) is 0 Å². The summed E-state index contributed by atoms with van der Waals surface area (Å²) in [4.78, 5) is 11.1. The quantitative estimate of drug-likeness (QED) is 0.733. The number of thiophene rings is 2. The number of nitrogens with two attached hydrogens (primary N) is 2. The van der Waals surface area contributed by atoms with E-state index >= 15 is 0 Å². The molecule has 0 bridgehead atoms. The first-order chi connectivity index (χ1) is 10.6. The molecule has 0 aliphatic rings. The molecule has 23 heavy (non-hydrogen) atoms. The van der Waals surface area contributed by atoms with Gasteiger partial charge in [-0.25, -0.2) is 31.9 Å². The summed E-state index contributed by atoms with van der Waals surface area (Å²) in [7, 11) is -7.28. The van der Waals surface area contributed by atoms with Crippen molar-refractivity contribution in [1.29, 1.82) is 0 Å². The number of carbonyl (C=O) groups is 1. The lowest BCUT2D eigenvalue weighted by Gasteiger charge is -2.00. The second-order valence-corrected chi connectivity index (χ2v) is 9.04. The molecule has 0 amide bonds. The highest BCUT2D eigenvalue weighted by Gasteiger charge is 2.21. The molecule has 4 N–H and O–H groups in total. The Morgan fingerprint density at radius 2 is 1.74 bits per heavy atom. The molecular weight excluding hydrogens is 384 g/mol. The molecule has 0 unspecified atom stereocenters. The Kier molecular flexibility index (Phi) is 6.85. The van der Waals surface area contributed by atoms with E-state index in [-0.39, 0.29) is 20.6 Å². The second kappa shape index (κ2) is 7.99. The van der Waals surface area contributed by atoms with Crippen LogP contribution in [0.3, 0.4) is 0 Å². The minimum absolute atomic E-state index is 0.0225. The van der Waals surface area contributed by atoms with Gasteiger partial charge in [-0.2, -0.15) is 0 Å². The average molecular weight is 399 g/mol. The summed E-state index contributed by atoms with van der Waals surface area (Å²) in [5, 5.41) is 12.8. The van der Waals surface area contributed by atoms with Gasteiger partial charge < -0.3 is 4.74 Å². The first-order valence-corrected chi connectivity index (χ1v) is 10.8. The van der Waals surface area contributed by atoms with E-state index in [9.17, 15) is 21.6 Å². The van der Waals surface area contributed by atoms with Crippen LogP contribution in [0.25, 0.3) is 0 Å². The van der Waals surface area contributed by atoms with Crippen molar-refractivity contribution in [3.8, 4) is 0 Å². The molecule has 0 atom stereocenters. The average Bonchev–Trinajstić information content (AvgIpc) is 3.10. The van der Waals surface area contributed by atoms with Gasteiger partial charge in [-0.15, -0.1) is 22.7 Å². The fraction of sp³-hybridized carbons (Fsp3) is 0.182. The first kappa shape index (κ1) is 19.7. The molecule has 0 radical (unpaired) electrons. The lowest BCUT2D eigenvalue weighted by Crippen LogP contribution is -2.15. The van der Waals surface area contributed by atoms with E-state index in [1.165, 1.54) is 17.5 Å². The highest BCUT2D eigenvalue weighted by molar-refractivity contribution is 7.91. The standard InChI is InChI=1S/C7H9NO4S2.C4H5NO2S2/c1-2-12-7(9)6-5(3-4-13-6)14(8,10)11;5-9(6,7)4-2-1-3-8-4/h3-4H,2H2,1H3,(H2,8,10,11);1-3H,(H2,5,6,7). The van der Waals surface area contributed by atoms with E-state index < -0.39 is 26.0 Å². The Balaban J connectivity index is 0.000000253. The van der Waals surface area contributed by atoms with Gasteiger partial charge in [0, 0.05) is 0 Å². The zero-order valence-corrected chi connectivity index (χ0v) is 15.1. The van der Waals surface area contributed by atoms with Crippen molar-refractivity contribution < 1.29 is 26.4 Å². The fourth-order valence-corrected chi connectivity index (χ4v) is 4.57. The number of carbonyl (C=O) groups excluding carboxylic acids is 1. The first-order valence-electron chi connectivity index (χ1n) is 5.91. The van der Waals surface area contributed by atoms with Gasteiger partial charge in [0.25, 0.3) is 0 Å². The van der Waals surface area contributed by atoms with Crippen LogP contribution in [0.1, 0.15) is 16.6 Å². The van der Waals surface area contributed by atoms with Crippen molar-refractivity contribution in [2.45, 2.75) is 16.0 Å². The molecule has 0 saturated heterocycles. The fourth-order valence-electron chi connectivity index (χ4n) is 1.29. The van der Waals surface area contributed by atoms with Gasteiger partial charge in [0.1, 0.15) is 14.0 Å². The van der Waals surface area contributed by atoms with E-state index in [1.807, 2.05) is 0 Å². The van der Waals surface area contributed by atoms with Crippen molar-refractivity contribution >= 4 is 48.7 Å². The third-order valence-corrected chi connectivity index (χ3v) is 6.49. The third-order valence-electron chi connectivity index (χ3n) is 2.17. The topological polar surface area (TPSA) is 147 Å². The normalized spacial score (nSPS) is 11.4. The van der Waals surface area contributed by atoms with Crippen LogP contribution in [0.5, 0.6) is 0 Å². The Bertz CT molecular complexity index is 852. The maximum absolute atomic E-state index is 11.2. The number of hydrogen-bond donors (Lipinski definition) is 2. The summed E-state index contributed by atoms with van der Waals surface area (Å²) in [6, 6.07) is 4.40. The lowest BCUT2D eigenvalue weighted by atomic mass is 10.5. The van der Waals surface area contributed by atoms with E-state index in [2.05, 4.69) is 4.74 Å². The Hall–Kier alpha value is -1.31. The summed E-state index contributed by atoms with van der Waals surface area (Å²) < 4.78 is 47.8. The van der Waals surface area contributed by atoms with Gasteiger partial charge >= 0.3 is 5.97 Å². The molecule has 0 aliphatic heterocycles. The lowest BCUT2D eigenvalue weighted by molar-refractivity contribution is 0.0528. The third kappa shape index (κ3) is 6.01. The Morgan fingerprint density at radius 3 is 2.13 bits per heavy atom. The number of sulfonamides is 2. The van der Waals surface area contributed by atoms with Crippen molar-refractivity contribution in [3.05, 3.63) is 33.8 Å². The highest BCUT2D eigenvalue weighted by Crippen LogP contribution is 2.21. The van der Waals surface area contributed by atoms with Gasteiger partial charge in [0.2, 0.25) is 20.0 Å². The number of hydrogen-bond acceptors (Lipinski definition) is 8. The van der Waals surface area contributed by atoms with E-state index in [1.54, 1.807) is 18.4 Å². The van der Waals surface area contributed by atoms with Gasteiger partial charge in [0.15, 0.2) is 0 Å². The van der Waals surface area contributed by atoms with Crippen LogP contribution in [-0.4, -0.2) is 29.4 Å². The van der Waals surface area contributed by atoms with Crippen molar-refractivity contribution in [2.24, 2.45) is 10.3 Å². The molecule has 0 saturated carbocycles. The minimum atomic E-state index is -3.84. The molecule has 2 heterocycles. The molecule has 12 heteroatoms. The Morgan fingerprint density at radius 1 is 1.09 bits per heavy atom. The number of primary sulfonamides is 2. The summed E-state index contributed by atoms with van der Waals surface area (Å²) in [5.41, 5.74) is 0. The summed E-state index contributed by atoms with van der Waals surface area (Å²) >= 11 is 2.11. The highest BCUT2D eigenvalue weighted by atomic mass is 32.2. The van der Waals surface area contributed by atoms with Crippen LogP contribution < -0.4 is 10.3 Å². The number of ether oxygens (including phenoxy) is 1. The van der Waals surface area contributed by atoms with Gasteiger partial charge in [-0.1, -0.05) is 6.07 Å². The van der Waals surface area contributed by atoms with Crippen molar-refractivity contribution in [3.63, 3.8) is 0 Å². The van der Waals surface area contributed by atoms with Crippen LogP contribution in [0.2, 0.25) is 0 Å². The second-order valence-electron chi connectivity index (χ2n) is 3.86. The predicted molar refractivity (Wildman–Crippen MR) is 87.3 cm³/mol. The maximum Gasteiger partial charge on any atom is 0.349 e. The number of rotatable bonds is 4. The molecular formula is C11H14N2O6S4. The summed E-state index contributed by atoms with van der Waals surface area (Å²) in [6.07, 6.45) is 0. The SMILES string of the molecule is CCOC(=O)c1sccc1S(N)(=O)=O.NS(=O)(=O)c1cccs1. The van der Waals surface area contributed by atoms with Crippen LogP contribution in [0.4, 0.5) is 0 Å². The summed E-state index contributed by atoms with van der Waals surface area (Å²) in [5.74, 6) is -0.661. The molecule has 2 rings (SSSR count). The molecule has 2 aromatic rings. The van der Waals surface area contributed by atoms with Gasteiger partial charge in [-0.3, -0.25) is 0 Å². The summed E-state index contributed by atoms with van der Waals surface area (Å²) in [6.45, 7) is 1.84. The molecule has 0 aromatic carbocycles. The van der Waals surface area contributed by atoms with E-state index in [4.69, 9.17) is 10.3 Å². The largest absolute Gasteiger partial charge is 0.462 e. The zero-order valence-electron chi connectivity index (χ0n) is 11.8. The molecule has 0 aliphatic carbocycles. The van der Waals surface area contributed by atoms with Gasteiger partial charge in [0.05, 0.1) is 6.61 Å². The molecule has 2 aromatic heterocycles. The number of esters is 1. The van der Waals surface area contributed by atoms with Crippen LogP contribution in [0.15, 0.2) is 38.1 Å². The van der Waals surface area contributed by atoms with Crippen molar-refractivity contribution in [2.75, 3.05) is 6.61 Å². The Labute approximate surface area is 141 Å². The molecule has 128 valence electrons. The monoisotopic (exact) mass is 398 g/mol. The predicted octanol–water partition coefficient (Wildman–Crippen LogP) is 0.968. The van der Waals surface area contributed by atoms with E-state index in [0.717, 1.165) is 22.7 Å².